The third-order valence-electron chi connectivity index (χ3n) is 5.10. The molecule has 0 bridgehead atoms. The molecule has 0 unspecified atom stereocenters. The number of nitriles is 1. The maximum Gasteiger partial charge on any atom is 0.250 e. The molecule has 126 valence electrons. The van der Waals surface area contributed by atoms with Gasteiger partial charge in [-0.25, -0.2) is 0 Å². The molecule has 0 spiro atoms. The Labute approximate surface area is 152 Å². The summed E-state index contributed by atoms with van der Waals surface area (Å²) >= 11 is 6.14. The van der Waals surface area contributed by atoms with Crippen LogP contribution < -0.4 is 4.90 Å². The number of likely N-dealkylation sites (tertiary alicyclic amines) is 1. The van der Waals surface area contributed by atoms with Crippen LogP contribution >= 0.6 is 11.6 Å². The molecule has 0 saturated carbocycles. The van der Waals surface area contributed by atoms with E-state index in [9.17, 15) is 10.1 Å². The molecule has 4 nitrogen and oxygen atoms in total. The van der Waals surface area contributed by atoms with Crippen molar-refractivity contribution in [3.8, 4) is 17.3 Å². The summed E-state index contributed by atoms with van der Waals surface area (Å²) in [6.07, 6.45) is 4.63. The quantitative estimate of drug-likeness (QED) is 0.772. The zero-order chi connectivity index (χ0) is 17.4. The van der Waals surface area contributed by atoms with E-state index in [0.717, 1.165) is 36.1 Å². The molecule has 0 N–H and O–H groups in total. The maximum atomic E-state index is 13.0. The second kappa shape index (κ2) is 6.42. The van der Waals surface area contributed by atoms with Crippen LogP contribution in [-0.2, 0) is 11.2 Å². The Balaban J connectivity index is 1.69. The van der Waals surface area contributed by atoms with Gasteiger partial charge in [-0.1, -0.05) is 35.9 Å². The first-order valence-corrected chi connectivity index (χ1v) is 8.92. The molecule has 5 heteroatoms. The first-order valence-electron chi connectivity index (χ1n) is 8.54. The highest BCUT2D eigenvalue weighted by Crippen LogP contribution is 2.37. The van der Waals surface area contributed by atoms with E-state index < -0.39 is 0 Å². The van der Waals surface area contributed by atoms with Crippen molar-refractivity contribution in [2.24, 2.45) is 0 Å². The van der Waals surface area contributed by atoms with E-state index >= 15 is 0 Å². The van der Waals surface area contributed by atoms with Gasteiger partial charge >= 0.3 is 0 Å². The number of hydrogen-bond donors (Lipinski definition) is 0. The van der Waals surface area contributed by atoms with Crippen LogP contribution in [0.1, 0.15) is 18.4 Å². The van der Waals surface area contributed by atoms with Crippen molar-refractivity contribution in [3.05, 3.63) is 53.1 Å². The summed E-state index contributed by atoms with van der Waals surface area (Å²) in [6.45, 7) is 1.34. The van der Waals surface area contributed by atoms with Crippen LogP contribution in [-0.4, -0.2) is 29.9 Å². The molecule has 1 atom stereocenters. The summed E-state index contributed by atoms with van der Waals surface area (Å²) in [7, 11) is 0. The molecule has 1 saturated heterocycles. The van der Waals surface area contributed by atoms with Gasteiger partial charge in [0.1, 0.15) is 6.04 Å². The third kappa shape index (κ3) is 2.75. The van der Waals surface area contributed by atoms with Gasteiger partial charge in [0.15, 0.2) is 6.19 Å². The highest BCUT2D eigenvalue weighted by Gasteiger charge is 2.36. The van der Waals surface area contributed by atoms with E-state index in [0.29, 0.717) is 18.1 Å². The molecule has 2 aromatic rings. The number of carbonyl (C=O) groups is 1. The molecule has 1 fully saturated rings. The molecular formula is C20H18ClN3O. The molecule has 2 aromatic carbocycles. The monoisotopic (exact) mass is 351 g/mol. The van der Waals surface area contributed by atoms with Crippen molar-refractivity contribution >= 4 is 23.2 Å². The average molecular weight is 352 g/mol. The maximum absolute atomic E-state index is 13.0. The van der Waals surface area contributed by atoms with E-state index in [1.165, 1.54) is 5.56 Å². The van der Waals surface area contributed by atoms with Crippen molar-refractivity contribution in [2.45, 2.75) is 25.3 Å². The number of anilines is 1. The predicted molar refractivity (Wildman–Crippen MR) is 98.3 cm³/mol. The molecule has 25 heavy (non-hydrogen) atoms. The van der Waals surface area contributed by atoms with Crippen LogP contribution in [0.25, 0.3) is 11.1 Å². The molecule has 2 aliphatic heterocycles. The summed E-state index contributed by atoms with van der Waals surface area (Å²) in [6, 6.07) is 13.5. The standard InChI is InChI=1S/C20H18ClN3O/c21-15-5-1-4-14(12-15)16-6-2-7-18-17(16)9-11-24(18)20(25)19-8-3-10-23(19)13-22/h1-2,4-7,12,19H,3,8-11H2/t19-/m0/s1. The Bertz CT molecular complexity index is 873. The Hall–Kier alpha value is -2.51. The first-order chi connectivity index (χ1) is 12.2. The second-order valence-corrected chi connectivity index (χ2v) is 6.94. The lowest BCUT2D eigenvalue weighted by Crippen LogP contribution is -2.43. The lowest BCUT2D eigenvalue weighted by atomic mass is 9.98. The topological polar surface area (TPSA) is 47.3 Å². The van der Waals surface area contributed by atoms with Gasteiger partial charge in [-0.3, -0.25) is 9.69 Å². The van der Waals surface area contributed by atoms with Gasteiger partial charge in [0, 0.05) is 23.8 Å². The number of hydrogen-bond acceptors (Lipinski definition) is 3. The van der Waals surface area contributed by atoms with Crippen molar-refractivity contribution < 1.29 is 4.79 Å². The fourth-order valence-electron chi connectivity index (χ4n) is 3.91. The second-order valence-electron chi connectivity index (χ2n) is 6.50. The Morgan fingerprint density at radius 1 is 1.20 bits per heavy atom. The van der Waals surface area contributed by atoms with Crippen molar-refractivity contribution in [2.75, 3.05) is 18.0 Å². The Morgan fingerprint density at radius 3 is 2.84 bits per heavy atom. The van der Waals surface area contributed by atoms with E-state index in [4.69, 9.17) is 11.6 Å². The molecule has 2 aliphatic rings. The lowest BCUT2D eigenvalue weighted by Gasteiger charge is -2.25. The molecule has 1 amide bonds. The highest BCUT2D eigenvalue weighted by molar-refractivity contribution is 6.30. The average Bonchev–Trinajstić information content (AvgIpc) is 3.27. The molecule has 0 aromatic heterocycles. The van der Waals surface area contributed by atoms with Crippen LogP contribution in [0.3, 0.4) is 0 Å². The minimum atomic E-state index is -0.314. The van der Waals surface area contributed by atoms with Crippen LogP contribution in [0.5, 0.6) is 0 Å². The number of amides is 1. The predicted octanol–water partition coefficient (Wildman–Crippen LogP) is 3.84. The first kappa shape index (κ1) is 16.0. The summed E-state index contributed by atoms with van der Waals surface area (Å²) in [5.74, 6) is 0.0426. The van der Waals surface area contributed by atoms with E-state index in [-0.39, 0.29) is 11.9 Å². The number of rotatable bonds is 2. The van der Waals surface area contributed by atoms with Gasteiger partial charge < -0.3 is 4.90 Å². The number of carbonyl (C=O) groups excluding carboxylic acids is 1. The largest absolute Gasteiger partial charge is 0.310 e. The smallest absolute Gasteiger partial charge is 0.250 e. The van der Waals surface area contributed by atoms with E-state index in [1.54, 1.807) is 4.90 Å². The number of benzene rings is 2. The fourth-order valence-corrected chi connectivity index (χ4v) is 4.10. The fraction of sp³-hybridized carbons (Fsp3) is 0.300. The SMILES string of the molecule is N#CN1CCC[C@H]1C(=O)N1CCc2c(-c3cccc(Cl)c3)cccc21. The minimum Gasteiger partial charge on any atom is -0.310 e. The summed E-state index contributed by atoms with van der Waals surface area (Å²) in [4.78, 5) is 16.5. The zero-order valence-electron chi connectivity index (χ0n) is 13.8. The molecular weight excluding hydrogens is 334 g/mol. The minimum absolute atomic E-state index is 0.0426. The van der Waals surface area contributed by atoms with Gasteiger partial charge in [-0.05, 0) is 54.2 Å². The molecule has 0 radical (unpaired) electrons. The van der Waals surface area contributed by atoms with Gasteiger partial charge in [-0.15, -0.1) is 0 Å². The highest BCUT2D eigenvalue weighted by atomic mass is 35.5. The number of halogens is 1. The van der Waals surface area contributed by atoms with Crippen LogP contribution in [0.4, 0.5) is 5.69 Å². The van der Waals surface area contributed by atoms with Crippen LogP contribution in [0.2, 0.25) is 5.02 Å². The van der Waals surface area contributed by atoms with Crippen molar-refractivity contribution in [3.63, 3.8) is 0 Å². The zero-order valence-corrected chi connectivity index (χ0v) is 14.5. The van der Waals surface area contributed by atoms with Crippen molar-refractivity contribution in [1.82, 2.24) is 4.90 Å². The van der Waals surface area contributed by atoms with E-state index in [1.807, 2.05) is 41.3 Å². The van der Waals surface area contributed by atoms with Gasteiger partial charge in [0.2, 0.25) is 5.91 Å². The summed E-state index contributed by atoms with van der Waals surface area (Å²) in [5.41, 5.74) is 4.34. The lowest BCUT2D eigenvalue weighted by molar-refractivity contribution is -0.121. The Kier molecular flexibility index (Phi) is 4.10. The van der Waals surface area contributed by atoms with Gasteiger partial charge in [0.05, 0.1) is 0 Å². The van der Waals surface area contributed by atoms with Crippen LogP contribution in [0, 0.1) is 11.5 Å². The Morgan fingerprint density at radius 2 is 2.04 bits per heavy atom. The third-order valence-corrected chi connectivity index (χ3v) is 5.33. The summed E-state index contributed by atoms with van der Waals surface area (Å²) < 4.78 is 0. The van der Waals surface area contributed by atoms with Crippen molar-refractivity contribution in [1.29, 1.82) is 5.26 Å². The van der Waals surface area contributed by atoms with Gasteiger partial charge in [0.25, 0.3) is 0 Å². The van der Waals surface area contributed by atoms with Gasteiger partial charge in [-0.2, -0.15) is 5.26 Å². The van der Waals surface area contributed by atoms with E-state index in [2.05, 4.69) is 12.3 Å². The molecule has 4 rings (SSSR count). The number of nitrogens with zero attached hydrogens (tertiary/aromatic N) is 3. The van der Waals surface area contributed by atoms with Crippen LogP contribution in [0.15, 0.2) is 42.5 Å². The normalized spacial score (nSPS) is 19.0. The summed E-state index contributed by atoms with van der Waals surface area (Å²) in [5, 5.41) is 9.94. The number of fused-ring (bicyclic) bond motifs is 1. The molecule has 2 heterocycles. The molecule has 0 aliphatic carbocycles.